The number of fused-ring (bicyclic) bond motifs is 1. The minimum Gasteiger partial charge on any atom is -0.383 e. The van der Waals surface area contributed by atoms with Crippen LogP contribution in [0.3, 0.4) is 0 Å². The third-order valence-electron chi connectivity index (χ3n) is 6.24. The summed E-state index contributed by atoms with van der Waals surface area (Å²) in [4.78, 5) is 19.6. The highest BCUT2D eigenvalue weighted by atomic mass is 16.5. The first-order valence-electron chi connectivity index (χ1n) is 12.0. The summed E-state index contributed by atoms with van der Waals surface area (Å²) in [5.74, 6) is 2.54. The van der Waals surface area contributed by atoms with Crippen molar-refractivity contribution in [3.63, 3.8) is 0 Å². The number of piperidine rings is 1. The minimum atomic E-state index is 0.607. The van der Waals surface area contributed by atoms with E-state index < -0.39 is 0 Å². The molecule has 0 atom stereocenters. The second-order valence-corrected chi connectivity index (χ2v) is 8.59. The molecule has 0 bridgehead atoms. The van der Waals surface area contributed by atoms with Crippen LogP contribution < -0.4 is 4.90 Å². The molecular formula is C25H36N6O2. The van der Waals surface area contributed by atoms with Gasteiger partial charge in [0, 0.05) is 46.0 Å². The summed E-state index contributed by atoms with van der Waals surface area (Å²) in [5, 5.41) is 0. The van der Waals surface area contributed by atoms with Crippen molar-refractivity contribution in [2.24, 2.45) is 0 Å². The standard InChI is InChI=1S/C25H36N6O2/c1-20-26-24(30(16-18-32-2)17-19-33-3)22-25(27-20)31(15-14-29-12-8-5-9-13-29)23(28-22)21-10-6-4-7-11-21/h4,6-7,10-11H,5,8-9,12-19H2,1-3H3. The van der Waals surface area contributed by atoms with Crippen LogP contribution in [0.25, 0.3) is 22.6 Å². The van der Waals surface area contributed by atoms with E-state index in [2.05, 4.69) is 38.6 Å². The first kappa shape index (κ1) is 23.6. The maximum absolute atomic E-state index is 5.36. The molecule has 0 saturated carbocycles. The van der Waals surface area contributed by atoms with Gasteiger partial charge in [0.15, 0.2) is 17.0 Å². The van der Waals surface area contributed by atoms with Gasteiger partial charge in [-0.1, -0.05) is 36.8 Å². The smallest absolute Gasteiger partial charge is 0.166 e. The summed E-state index contributed by atoms with van der Waals surface area (Å²) < 4.78 is 13.0. The fraction of sp³-hybridized carbons (Fsp3) is 0.560. The van der Waals surface area contributed by atoms with Gasteiger partial charge in [-0.3, -0.25) is 0 Å². The number of anilines is 1. The van der Waals surface area contributed by atoms with Gasteiger partial charge in [0.1, 0.15) is 11.6 Å². The minimum absolute atomic E-state index is 0.607. The summed E-state index contributed by atoms with van der Waals surface area (Å²) in [6.45, 7) is 8.80. The molecule has 1 saturated heterocycles. The average Bonchev–Trinajstić information content (AvgIpc) is 3.22. The molecule has 0 aliphatic carbocycles. The monoisotopic (exact) mass is 452 g/mol. The van der Waals surface area contributed by atoms with E-state index in [1.807, 2.05) is 13.0 Å². The maximum atomic E-state index is 5.36. The van der Waals surface area contributed by atoms with Gasteiger partial charge in [-0.05, 0) is 32.9 Å². The van der Waals surface area contributed by atoms with Gasteiger partial charge in [-0.2, -0.15) is 0 Å². The number of imidazole rings is 1. The summed E-state index contributed by atoms with van der Waals surface area (Å²) >= 11 is 0. The van der Waals surface area contributed by atoms with Crippen LogP contribution in [0.1, 0.15) is 25.1 Å². The molecule has 8 heteroatoms. The summed E-state index contributed by atoms with van der Waals surface area (Å²) in [7, 11) is 3.44. The number of likely N-dealkylation sites (tertiary alicyclic amines) is 1. The number of aromatic nitrogens is 4. The highest BCUT2D eigenvalue weighted by Gasteiger charge is 2.22. The molecular weight excluding hydrogens is 416 g/mol. The Balaban J connectivity index is 1.78. The van der Waals surface area contributed by atoms with Crippen molar-refractivity contribution in [1.82, 2.24) is 24.4 Å². The van der Waals surface area contributed by atoms with Gasteiger partial charge in [-0.15, -0.1) is 0 Å². The van der Waals surface area contributed by atoms with E-state index in [1.165, 1.54) is 32.4 Å². The molecule has 1 aliphatic heterocycles. The SMILES string of the molecule is COCCN(CCOC)c1nc(C)nc2c1nc(-c1ccccc1)n2CCN1CCCCC1. The van der Waals surface area contributed by atoms with Crippen LogP contribution in [0.2, 0.25) is 0 Å². The molecule has 178 valence electrons. The molecule has 0 amide bonds. The van der Waals surface area contributed by atoms with Crippen molar-refractivity contribution < 1.29 is 9.47 Å². The number of ether oxygens (including phenoxy) is 2. The first-order valence-corrected chi connectivity index (χ1v) is 12.0. The Morgan fingerprint density at radius 2 is 1.58 bits per heavy atom. The van der Waals surface area contributed by atoms with Crippen molar-refractivity contribution in [2.75, 3.05) is 65.1 Å². The molecule has 4 rings (SSSR count). The lowest BCUT2D eigenvalue weighted by Gasteiger charge is -2.26. The lowest BCUT2D eigenvalue weighted by molar-refractivity contribution is 0.190. The van der Waals surface area contributed by atoms with E-state index in [4.69, 9.17) is 24.4 Å². The Morgan fingerprint density at radius 3 is 2.24 bits per heavy atom. The van der Waals surface area contributed by atoms with E-state index >= 15 is 0 Å². The second kappa shape index (κ2) is 11.5. The van der Waals surface area contributed by atoms with Gasteiger partial charge < -0.3 is 23.8 Å². The molecule has 0 spiro atoms. The number of methoxy groups -OCH3 is 2. The normalized spacial score (nSPS) is 14.8. The zero-order chi connectivity index (χ0) is 23.0. The number of aryl methyl sites for hydroxylation is 1. The number of rotatable bonds is 11. The predicted molar refractivity (Wildman–Crippen MR) is 132 cm³/mol. The zero-order valence-electron chi connectivity index (χ0n) is 20.2. The number of hydrogen-bond donors (Lipinski definition) is 0. The molecule has 8 nitrogen and oxygen atoms in total. The quantitative estimate of drug-likeness (QED) is 0.442. The van der Waals surface area contributed by atoms with Gasteiger partial charge in [-0.25, -0.2) is 15.0 Å². The number of nitrogens with zero attached hydrogens (tertiary/aromatic N) is 6. The molecule has 1 aliphatic rings. The Bertz CT molecular complexity index is 1010. The van der Waals surface area contributed by atoms with Crippen molar-refractivity contribution in [3.8, 4) is 11.4 Å². The van der Waals surface area contributed by atoms with E-state index in [0.29, 0.717) is 26.3 Å². The molecule has 1 fully saturated rings. The van der Waals surface area contributed by atoms with Crippen LogP contribution in [0, 0.1) is 6.92 Å². The number of hydrogen-bond acceptors (Lipinski definition) is 7. The Morgan fingerprint density at radius 1 is 0.879 bits per heavy atom. The molecule has 0 unspecified atom stereocenters. The topological polar surface area (TPSA) is 68.5 Å². The molecule has 3 aromatic rings. The van der Waals surface area contributed by atoms with Crippen LogP contribution in [-0.2, 0) is 16.0 Å². The van der Waals surface area contributed by atoms with Gasteiger partial charge in [0.2, 0.25) is 0 Å². The van der Waals surface area contributed by atoms with Crippen LogP contribution in [0.5, 0.6) is 0 Å². The van der Waals surface area contributed by atoms with Crippen LogP contribution in [0.4, 0.5) is 5.82 Å². The second-order valence-electron chi connectivity index (χ2n) is 8.59. The van der Waals surface area contributed by atoms with Crippen molar-refractivity contribution in [3.05, 3.63) is 36.2 Å². The molecule has 33 heavy (non-hydrogen) atoms. The van der Waals surface area contributed by atoms with E-state index in [0.717, 1.165) is 47.3 Å². The highest BCUT2D eigenvalue weighted by molar-refractivity contribution is 5.87. The average molecular weight is 453 g/mol. The van der Waals surface area contributed by atoms with Crippen molar-refractivity contribution in [2.45, 2.75) is 32.7 Å². The Hall–Kier alpha value is -2.55. The summed E-state index contributed by atoms with van der Waals surface area (Å²) in [6.07, 6.45) is 3.92. The predicted octanol–water partition coefficient (Wildman–Crippen LogP) is 3.39. The van der Waals surface area contributed by atoms with Crippen molar-refractivity contribution in [1.29, 1.82) is 0 Å². The Labute approximate surface area is 196 Å². The largest absolute Gasteiger partial charge is 0.383 e. The van der Waals surface area contributed by atoms with Gasteiger partial charge in [0.25, 0.3) is 0 Å². The summed E-state index contributed by atoms with van der Waals surface area (Å²) in [5.41, 5.74) is 2.83. The van der Waals surface area contributed by atoms with Gasteiger partial charge >= 0.3 is 0 Å². The molecule has 2 aromatic heterocycles. The lowest BCUT2D eigenvalue weighted by atomic mass is 10.1. The van der Waals surface area contributed by atoms with Crippen LogP contribution >= 0.6 is 0 Å². The molecule has 3 heterocycles. The maximum Gasteiger partial charge on any atom is 0.166 e. The highest BCUT2D eigenvalue weighted by Crippen LogP contribution is 2.29. The fourth-order valence-electron chi connectivity index (χ4n) is 4.48. The molecule has 0 radical (unpaired) electrons. The lowest BCUT2D eigenvalue weighted by Crippen LogP contribution is -2.33. The molecule has 0 N–H and O–H groups in total. The first-order chi connectivity index (χ1) is 16.2. The molecule has 1 aromatic carbocycles. The van der Waals surface area contributed by atoms with E-state index in [9.17, 15) is 0 Å². The van der Waals surface area contributed by atoms with Crippen LogP contribution in [-0.4, -0.2) is 84.6 Å². The van der Waals surface area contributed by atoms with Crippen LogP contribution in [0.15, 0.2) is 30.3 Å². The van der Waals surface area contributed by atoms with E-state index in [1.54, 1.807) is 14.2 Å². The zero-order valence-corrected chi connectivity index (χ0v) is 20.2. The third kappa shape index (κ3) is 5.69. The van der Waals surface area contributed by atoms with Gasteiger partial charge in [0.05, 0.1) is 13.2 Å². The third-order valence-corrected chi connectivity index (χ3v) is 6.24. The fourth-order valence-corrected chi connectivity index (χ4v) is 4.48. The van der Waals surface area contributed by atoms with E-state index in [-0.39, 0.29) is 0 Å². The Kier molecular flexibility index (Phi) is 8.25. The van der Waals surface area contributed by atoms with Crippen molar-refractivity contribution >= 4 is 17.0 Å². The summed E-state index contributed by atoms with van der Waals surface area (Å²) in [6, 6.07) is 10.4. The number of benzene rings is 1.